The summed E-state index contributed by atoms with van der Waals surface area (Å²) in [5, 5.41) is 0. The van der Waals surface area contributed by atoms with Crippen molar-refractivity contribution in [2.75, 3.05) is 44.3 Å². The van der Waals surface area contributed by atoms with Gasteiger partial charge in [0.25, 0.3) is 5.91 Å². The second-order valence-electron chi connectivity index (χ2n) is 6.50. The molecule has 0 spiro atoms. The van der Waals surface area contributed by atoms with E-state index in [0.29, 0.717) is 37.4 Å². The molecule has 1 aliphatic rings. The van der Waals surface area contributed by atoms with Gasteiger partial charge >= 0.3 is 0 Å². The number of hydrogen-bond acceptors (Lipinski definition) is 5. The van der Waals surface area contributed by atoms with Crippen LogP contribution in [0.4, 0.5) is 5.69 Å². The zero-order valence-corrected chi connectivity index (χ0v) is 15.9. The molecule has 1 saturated heterocycles. The van der Waals surface area contributed by atoms with Crippen molar-refractivity contribution in [1.82, 2.24) is 9.21 Å². The van der Waals surface area contributed by atoms with E-state index in [1.807, 2.05) is 26.8 Å². The summed E-state index contributed by atoms with van der Waals surface area (Å²) < 4.78 is 31.4. The fourth-order valence-corrected chi connectivity index (χ4v) is 4.01. The van der Waals surface area contributed by atoms with E-state index in [1.54, 1.807) is 17.0 Å². The molecule has 7 nitrogen and oxygen atoms in total. The van der Waals surface area contributed by atoms with Crippen molar-refractivity contribution >= 4 is 21.6 Å². The third-order valence-electron chi connectivity index (χ3n) is 4.20. The molecule has 0 radical (unpaired) electrons. The van der Waals surface area contributed by atoms with Crippen molar-refractivity contribution in [2.24, 2.45) is 0 Å². The fourth-order valence-electron chi connectivity index (χ4n) is 2.73. The summed E-state index contributed by atoms with van der Waals surface area (Å²) in [6, 6.07) is 5.25. The van der Waals surface area contributed by atoms with E-state index >= 15 is 0 Å². The molecule has 2 N–H and O–H groups in total. The maximum Gasteiger partial charge on any atom is 0.254 e. The minimum absolute atomic E-state index is 0.00576. The highest BCUT2D eigenvalue weighted by molar-refractivity contribution is 7.89. The summed E-state index contributed by atoms with van der Waals surface area (Å²) in [6.45, 7) is 7.14. The van der Waals surface area contributed by atoms with Crippen LogP contribution in [-0.4, -0.2) is 68.2 Å². The van der Waals surface area contributed by atoms with Crippen LogP contribution in [-0.2, 0) is 14.8 Å². The molecular formula is C17H27N3O4S. The molecule has 25 heavy (non-hydrogen) atoms. The molecule has 0 saturated carbocycles. The van der Waals surface area contributed by atoms with Crippen molar-refractivity contribution in [3.05, 3.63) is 29.3 Å². The first kappa shape index (κ1) is 19.7. The highest BCUT2D eigenvalue weighted by Gasteiger charge is 2.29. The summed E-state index contributed by atoms with van der Waals surface area (Å²) in [4.78, 5) is 14.3. The maximum atomic E-state index is 12.7. The Morgan fingerprint density at radius 2 is 1.88 bits per heavy atom. The van der Waals surface area contributed by atoms with Gasteiger partial charge < -0.3 is 15.4 Å². The summed E-state index contributed by atoms with van der Waals surface area (Å²) in [5.74, 6) is -0.141. The number of carbonyl (C=O) groups is 1. The number of nitrogen functional groups attached to an aromatic ring is 1. The Morgan fingerprint density at radius 3 is 2.48 bits per heavy atom. The minimum atomic E-state index is -3.36. The summed E-state index contributed by atoms with van der Waals surface area (Å²) >= 11 is 0. The fraction of sp³-hybridized carbons (Fsp3) is 0.588. The highest BCUT2D eigenvalue weighted by atomic mass is 32.2. The van der Waals surface area contributed by atoms with Crippen molar-refractivity contribution in [3.8, 4) is 0 Å². The highest BCUT2D eigenvalue weighted by Crippen LogP contribution is 2.17. The second-order valence-corrected chi connectivity index (χ2v) is 8.59. The number of ether oxygens (including phenoxy) is 1. The number of anilines is 1. The number of sulfonamides is 1. The van der Waals surface area contributed by atoms with Crippen LogP contribution in [0.1, 0.15) is 29.8 Å². The van der Waals surface area contributed by atoms with Crippen LogP contribution in [0.25, 0.3) is 0 Å². The van der Waals surface area contributed by atoms with Crippen molar-refractivity contribution in [2.45, 2.75) is 26.9 Å². The van der Waals surface area contributed by atoms with Crippen molar-refractivity contribution < 1.29 is 17.9 Å². The lowest BCUT2D eigenvalue weighted by Gasteiger charge is -2.34. The molecule has 2 rings (SSSR count). The van der Waals surface area contributed by atoms with Crippen LogP contribution in [0.2, 0.25) is 0 Å². The van der Waals surface area contributed by atoms with Crippen LogP contribution >= 0.6 is 0 Å². The summed E-state index contributed by atoms with van der Waals surface area (Å²) in [6.07, 6.45) is 0.00576. The van der Waals surface area contributed by atoms with E-state index in [4.69, 9.17) is 10.5 Å². The predicted octanol–water partition coefficient (Wildman–Crippen LogP) is 1.09. The van der Waals surface area contributed by atoms with Gasteiger partial charge in [-0.25, -0.2) is 8.42 Å². The standard InChI is InChI=1S/C17H27N3O4S/c1-13(2)24-10-11-25(22,23)20-8-6-19(7-9-20)17(21)16-12-15(18)5-4-14(16)3/h4-5,12-13H,6-11,18H2,1-3H3. The molecule has 8 heteroatoms. The number of hydrogen-bond donors (Lipinski definition) is 1. The van der Waals surface area contributed by atoms with E-state index in [9.17, 15) is 13.2 Å². The Morgan fingerprint density at radius 1 is 1.24 bits per heavy atom. The van der Waals surface area contributed by atoms with Crippen molar-refractivity contribution in [3.63, 3.8) is 0 Å². The molecule has 0 atom stereocenters. The lowest BCUT2D eigenvalue weighted by molar-refractivity contribution is 0.0693. The number of rotatable bonds is 6. The number of nitrogens with two attached hydrogens (primary N) is 1. The molecular weight excluding hydrogens is 342 g/mol. The third kappa shape index (κ3) is 5.17. The topological polar surface area (TPSA) is 92.9 Å². The van der Waals surface area contributed by atoms with Gasteiger partial charge in [0, 0.05) is 37.4 Å². The number of piperazine rings is 1. The molecule has 0 aromatic heterocycles. The first-order valence-electron chi connectivity index (χ1n) is 8.45. The first-order valence-corrected chi connectivity index (χ1v) is 10.1. The van der Waals surface area contributed by atoms with Gasteiger partial charge in [-0.15, -0.1) is 0 Å². The number of aryl methyl sites for hydroxylation is 1. The molecule has 0 aliphatic carbocycles. The maximum absolute atomic E-state index is 12.7. The van der Waals surface area contributed by atoms with Crippen LogP contribution in [0.15, 0.2) is 18.2 Å². The second kappa shape index (κ2) is 8.16. The molecule has 1 aromatic rings. The van der Waals surface area contributed by atoms with E-state index in [2.05, 4.69) is 0 Å². The van der Waals surface area contributed by atoms with E-state index in [0.717, 1.165) is 5.56 Å². The molecule has 1 aromatic carbocycles. The number of carbonyl (C=O) groups excluding carboxylic acids is 1. The third-order valence-corrected chi connectivity index (χ3v) is 6.04. The normalized spacial score (nSPS) is 16.4. The van der Waals surface area contributed by atoms with Gasteiger partial charge in [0.1, 0.15) is 0 Å². The van der Waals surface area contributed by atoms with Gasteiger partial charge in [-0.2, -0.15) is 4.31 Å². The lowest BCUT2D eigenvalue weighted by Crippen LogP contribution is -2.51. The Balaban J connectivity index is 1.94. The largest absolute Gasteiger partial charge is 0.399 e. The number of nitrogens with zero attached hydrogens (tertiary/aromatic N) is 2. The van der Waals surface area contributed by atoms with Gasteiger partial charge in [0.15, 0.2) is 0 Å². The minimum Gasteiger partial charge on any atom is -0.399 e. The molecule has 0 unspecified atom stereocenters. The van der Waals surface area contributed by atoms with Crippen molar-refractivity contribution in [1.29, 1.82) is 0 Å². The number of amides is 1. The smallest absolute Gasteiger partial charge is 0.254 e. The molecule has 1 aliphatic heterocycles. The first-order chi connectivity index (χ1) is 11.7. The van der Waals surface area contributed by atoms with E-state index < -0.39 is 10.0 Å². The van der Waals surface area contributed by atoms with Crippen LogP contribution in [0, 0.1) is 6.92 Å². The quantitative estimate of drug-likeness (QED) is 0.758. The SMILES string of the molecule is Cc1ccc(N)cc1C(=O)N1CCN(S(=O)(=O)CCOC(C)C)CC1. The summed E-state index contributed by atoms with van der Waals surface area (Å²) in [5.41, 5.74) is 7.75. The monoisotopic (exact) mass is 369 g/mol. The Labute approximate surface area is 149 Å². The molecule has 1 amide bonds. The lowest BCUT2D eigenvalue weighted by atomic mass is 10.1. The number of benzene rings is 1. The zero-order valence-electron chi connectivity index (χ0n) is 15.1. The van der Waals surface area contributed by atoms with Gasteiger partial charge in [-0.3, -0.25) is 4.79 Å². The molecule has 1 heterocycles. The Kier molecular flexibility index (Phi) is 6.42. The molecule has 0 bridgehead atoms. The Hall–Kier alpha value is -1.64. The average Bonchev–Trinajstić information content (AvgIpc) is 2.56. The van der Waals surface area contributed by atoms with E-state index in [-0.39, 0.29) is 24.4 Å². The van der Waals surface area contributed by atoms with Crippen LogP contribution in [0.5, 0.6) is 0 Å². The Bertz CT molecular complexity index is 711. The van der Waals surface area contributed by atoms with Crippen LogP contribution < -0.4 is 5.73 Å². The molecule has 1 fully saturated rings. The van der Waals surface area contributed by atoms with Gasteiger partial charge in [-0.1, -0.05) is 6.07 Å². The van der Waals surface area contributed by atoms with Gasteiger partial charge in [-0.05, 0) is 38.5 Å². The average molecular weight is 369 g/mol. The zero-order chi connectivity index (χ0) is 18.6. The van der Waals surface area contributed by atoms with Gasteiger partial charge in [0.05, 0.1) is 18.5 Å². The van der Waals surface area contributed by atoms with E-state index in [1.165, 1.54) is 4.31 Å². The predicted molar refractivity (Wildman–Crippen MR) is 97.9 cm³/mol. The summed E-state index contributed by atoms with van der Waals surface area (Å²) in [7, 11) is -3.36. The molecule has 140 valence electrons. The van der Waals surface area contributed by atoms with Gasteiger partial charge in [0.2, 0.25) is 10.0 Å². The van der Waals surface area contributed by atoms with Crippen LogP contribution in [0.3, 0.4) is 0 Å².